The molecule has 3 heteroatoms. The summed E-state index contributed by atoms with van der Waals surface area (Å²) in [5, 5.41) is 0.748. The summed E-state index contributed by atoms with van der Waals surface area (Å²) in [7, 11) is 2.05. The fraction of sp³-hybridized carbons (Fsp3) is 0.250. The molecule has 0 radical (unpaired) electrons. The molecule has 0 atom stereocenters. The van der Waals surface area contributed by atoms with Gasteiger partial charge in [-0.15, -0.1) is 0 Å². The molecule has 0 aliphatic rings. The van der Waals surface area contributed by atoms with Crippen molar-refractivity contribution in [2.75, 3.05) is 11.9 Å². The maximum Gasteiger partial charge on any atom is 0.0642 e. The molecule has 0 saturated carbocycles. The Balaban J connectivity index is 2.18. The molecule has 2 N–H and O–H groups in total. The van der Waals surface area contributed by atoms with E-state index < -0.39 is 0 Å². The first-order valence-electron chi connectivity index (χ1n) is 6.35. The van der Waals surface area contributed by atoms with E-state index in [1.54, 1.807) is 0 Å². The van der Waals surface area contributed by atoms with Gasteiger partial charge in [-0.25, -0.2) is 0 Å². The van der Waals surface area contributed by atoms with Crippen LogP contribution in [0.3, 0.4) is 0 Å². The van der Waals surface area contributed by atoms with Gasteiger partial charge < -0.3 is 10.6 Å². The predicted octanol–water partition coefficient (Wildman–Crippen LogP) is 3.74. The molecule has 0 unspecified atom stereocenters. The zero-order valence-corrected chi connectivity index (χ0v) is 12.1. The Morgan fingerprint density at radius 3 is 2.53 bits per heavy atom. The lowest BCUT2D eigenvalue weighted by atomic mass is 10.1. The quantitative estimate of drug-likeness (QED) is 0.920. The lowest BCUT2D eigenvalue weighted by Gasteiger charge is -2.21. The monoisotopic (exact) mass is 274 g/mol. The van der Waals surface area contributed by atoms with Crippen LogP contribution in [-0.4, -0.2) is 7.05 Å². The first kappa shape index (κ1) is 13.9. The number of anilines is 1. The predicted molar refractivity (Wildman–Crippen MR) is 82.6 cm³/mol. The smallest absolute Gasteiger partial charge is 0.0642 e. The molecule has 2 aromatic carbocycles. The van der Waals surface area contributed by atoms with Crippen molar-refractivity contribution in [3.05, 3.63) is 64.2 Å². The maximum atomic E-state index is 6.30. The third kappa shape index (κ3) is 3.49. The van der Waals surface area contributed by atoms with E-state index in [1.807, 2.05) is 25.2 Å². The largest absolute Gasteiger partial charge is 0.369 e. The fourth-order valence-corrected chi connectivity index (χ4v) is 2.50. The minimum Gasteiger partial charge on any atom is -0.369 e. The molecule has 0 aromatic heterocycles. The van der Waals surface area contributed by atoms with Gasteiger partial charge in [0.15, 0.2) is 0 Å². The van der Waals surface area contributed by atoms with E-state index in [9.17, 15) is 0 Å². The molecule has 2 aromatic rings. The lowest BCUT2D eigenvalue weighted by Crippen LogP contribution is -2.17. The van der Waals surface area contributed by atoms with Crippen molar-refractivity contribution >= 4 is 17.3 Å². The van der Waals surface area contributed by atoms with E-state index in [0.29, 0.717) is 6.54 Å². The third-order valence-corrected chi connectivity index (χ3v) is 3.46. The van der Waals surface area contributed by atoms with Crippen LogP contribution in [0.25, 0.3) is 0 Å². The van der Waals surface area contributed by atoms with Gasteiger partial charge in [0.1, 0.15) is 0 Å². The van der Waals surface area contributed by atoms with E-state index in [0.717, 1.165) is 22.8 Å². The zero-order valence-electron chi connectivity index (χ0n) is 11.4. The summed E-state index contributed by atoms with van der Waals surface area (Å²) in [6.45, 7) is 3.46. The third-order valence-electron chi connectivity index (χ3n) is 3.16. The Labute approximate surface area is 119 Å². The maximum absolute atomic E-state index is 6.30. The summed E-state index contributed by atoms with van der Waals surface area (Å²) in [6, 6.07) is 14.5. The van der Waals surface area contributed by atoms with Crippen LogP contribution in [0.15, 0.2) is 42.5 Å². The van der Waals surface area contributed by atoms with Crippen LogP contribution in [-0.2, 0) is 13.1 Å². The molecule has 0 amide bonds. The van der Waals surface area contributed by atoms with Crippen molar-refractivity contribution in [3.63, 3.8) is 0 Å². The van der Waals surface area contributed by atoms with Crippen molar-refractivity contribution in [1.29, 1.82) is 0 Å². The fourth-order valence-electron chi connectivity index (χ4n) is 2.16. The number of benzene rings is 2. The molecular weight excluding hydrogens is 256 g/mol. The summed E-state index contributed by atoms with van der Waals surface area (Å²) >= 11 is 6.30. The Hall–Kier alpha value is -1.51. The Morgan fingerprint density at radius 2 is 1.89 bits per heavy atom. The van der Waals surface area contributed by atoms with Crippen LogP contribution in [0.2, 0.25) is 5.02 Å². The van der Waals surface area contributed by atoms with Gasteiger partial charge in [-0.3, -0.25) is 0 Å². The number of aryl methyl sites for hydroxylation is 1. The average molecular weight is 275 g/mol. The molecule has 0 heterocycles. The van der Waals surface area contributed by atoms with E-state index in [1.165, 1.54) is 11.1 Å². The van der Waals surface area contributed by atoms with Crippen molar-refractivity contribution in [2.45, 2.75) is 20.0 Å². The summed E-state index contributed by atoms with van der Waals surface area (Å²) in [6.07, 6.45) is 0. The summed E-state index contributed by atoms with van der Waals surface area (Å²) in [4.78, 5) is 2.15. The number of nitrogens with zero attached hydrogens (tertiary/aromatic N) is 1. The second-order valence-electron chi connectivity index (χ2n) is 4.84. The highest BCUT2D eigenvalue weighted by atomic mass is 35.5. The topological polar surface area (TPSA) is 29.3 Å². The number of nitrogens with two attached hydrogens (primary N) is 1. The molecule has 0 bridgehead atoms. The molecule has 19 heavy (non-hydrogen) atoms. The first-order chi connectivity index (χ1) is 9.10. The Bertz CT molecular complexity index is 566. The lowest BCUT2D eigenvalue weighted by molar-refractivity contribution is 0.920. The Kier molecular flexibility index (Phi) is 4.46. The van der Waals surface area contributed by atoms with Gasteiger partial charge >= 0.3 is 0 Å². The highest BCUT2D eigenvalue weighted by molar-refractivity contribution is 6.33. The number of rotatable bonds is 4. The van der Waals surface area contributed by atoms with E-state index in [-0.39, 0.29) is 0 Å². The van der Waals surface area contributed by atoms with Crippen LogP contribution in [0.5, 0.6) is 0 Å². The van der Waals surface area contributed by atoms with Crippen molar-refractivity contribution < 1.29 is 0 Å². The molecule has 2 nitrogen and oxygen atoms in total. The normalized spacial score (nSPS) is 10.5. The molecule has 100 valence electrons. The molecule has 2 rings (SSSR count). The van der Waals surface area contributed by atoms with E-state index >= 15 is 0 Å². The van der Waals surface area contributed by atoms with Crippen LogP contribution in [0.4, 0.5) is 5.69 Å². The van der Waals surface area contributed by atoms with Gasteiger partial charge in [0, 0.05) is 20.1 Å². The molecule has 0 aliphatic carbocycles. The second kappa shape index (κ2) is 6.09. The summed E-state index contributed by atoms with van der Waals surface area (Å²) < 4.78 is 0. The summed E-state index contributed by atoms with van der Waals surface area (Å²) in [5.74, 6) is 0. The number of halogens is 1. The van der Waals surface area contributed by atoms with Gasteiger partial charge in [-0.2, -0.15) is 0 Å². The van der Waals surface area contributed by atoms with Crippen molar-refractivity contribution in [2.24, 2.45) is 5.73 Å². The molecule has 0 fully saturated rings. The summed E-state index contributed by atoms with van der Waals surface area (Å²) in [5.41, 5.74) is 10.2. The van der Waals surface area contributed by atoms with Crippen LogP contribution in [0, 0.1) is 6.92 Å². The molecule has 0 spiro atoms. The van der Waals surface area contributed by atoms with Crippen LogP contribution >= 0.6 is 11.6 Å². The first-order valence-corrected chi connectivity index (χ1v) is 6.73. The average Bonchev–Trinajstić information content (AvgIpc) is 2.38. The second-order valence-corrected chi connectivity index (χ2v) is 5.24. The molecular formula is C16H19ClN2. The zero-order chi connectivity index (χ0) is 13.8. The number of hydrogen-bond acceptors (Lipinski definition) is 2. The minimum atomic E-state index is 0.515. The van der Waals surface area contributed by atoms with Crippen molar-refractivity contribution in [1.82, 2.24) is 0 Å². The molecule has 0 aliphatic heterocycles. The van der Waals surface area contributed by atoms with Gasteiger partial charge in [0.2, 0.25) is 0 Å². The van der Waals surface area contributed by atoms with Gasteiger partial charge in [-0.05, 0) is 30.2 Å². The highest BCUT2D eigenvalue weighted by Crippen LogP contribution is 2.27. The van der Waals surface area contributed by atoms with E-state index in [2.05, 4.69) is 36.1 Å². The highest BCUT2D eigenvalue weighted by Gasteiger charge is 2.07. The molecule has 0 saturated heterocycles. The van der Waals surface area contributed by atoms with Gasteiger partial charge in [0.25, 0.3) is 0 Å². The van der Waals surface area contributed by atoms with Crippen LogP contribution < -0.4 is 10.6 Å². The minimum absolute atomic E-state index is 0.515. The van der Waals surface area contributed by atoms with Gasteiger partial charge in [-0.1, -0.05) is 47.5 Å². The van der Waals surface area contributed by atoms with Gasteiger partial charge in [0.05, 0.1) is 10.7 Å². The van der Waals surface area contributed by atoms with Crippen molar-refractivity contribution in [3.8, 4) is 0 Å². The SMILES string of the molecule is Cc1cccc(CN(C)c2ccc(CN)cc2Cl)c1. The van der Waals surface area contributed by atoms with Crippen LogP contribution in [0.1, 0.15) is 16.7 Å². The number of hydrogen-bond donors (Lipinski definition) is 1. The van der Waals surface area contributed by atoms with E-state index in [4.69, 9.17) is 17.3 Å². The standard InChI is InChI=1S/C16H19ClN2/c1-12-4-3-5-14(8-12)11-19(2)16-7-6-13(10-18)9-15(16)17/h3-9H,10-11,18H2,1-2H3. The Morgan fingerprint density at radius 1 is 1.11 bits per heavy atom.